The van der Waals surface area contributed by atoms with Crippen molar-refractivity contribution in [2.75, 3.05) is 5.32 Å². The number of anilines is 1. The maximum absolute atomic E-state index is 11.5. The molecule has 0 aliphatic carbocycles. The van der Waals surface area contributed by atoms with Crippen LogP contribution in [0.25, 0.3) is 0 Å². The first-order valence-electron chi connectivity index (χ1n) is 4.93. The summed E-state index contributed by atoms with van der Waals surface area (Å²) in [6.45, 7) is 2.83. The van der Waals surface area contributed by atoms with Gasteiger partial charge in [-0.15, -0.1) is 5.10 Å². The van der Waals surface area contributed by atoms with Gasteiger partial charge in [-0.1, -0.05) is 0 Å². The Morgan fingerprint density at radius 1 is 1.56 bits per heavy atom. The van der Waals surface area contributed by atoms with Gasteiger partial charge in [0.15, 0.2) is 5.82 Å². The first-order valence-corrected chi connectivity index (χ1v) is 4.93. The predicted molar refractivity (Wildman–Crippen MR) is 56.6 cm³/mol. The number of nitrogens with zero attached hydrogens (tertiary/aromatic N) is 5. The third-order valence-corrected chi connectivity index (χ3v) is 1.97. The predicted octanol–water partition coefficient (Wildman–Crippen LogP) is 0.133. The molecule has 0 bridgehead atoms. The Hall–Kier alpha value is -2.18. The van der Waals surface area contributed by atoms with E-state index in [9.17, 15) is 4.79 Å². The molecule has 2 aromatic rings. The van der Waals surface area contributed by atoms with Crippen molar-refractivity contribution in [1.29, 1.82) is 0 Å². The van der Waals surface area contributed by atoms with Gasteiger partial charge < -0.3 is 9.88 Å². The van der Waals surface area contributed by atoms with Gasteiger partial charge in [-0.05, 0) is 6.92 Å². The van der Waals surface area contributed by atoms with E-state index in [1.807, 2.05) is 6.92 Å². The van der Waals surface area contributed by atoms with E-state index in [0.717, 1.165) is 0 Å². The second-order valence-electron chi connectivity index (χ2n) is 3.20. The topological polar surface area (TPSA) is 77.6 Å². The molecular formula is C9H12N6O. The van der Waals surface area contributed by atoms with Gasteiger partial charge >= 0.3 is 0 Å². The van der Waals surface area contributed by atoms with Crippen LogP contribution in [-0.4, -0.2) is 30.5 Å². The van der Waals surface area contributed by atoms with Crippen LogP contribution in [0.1, 0.15) is 6.92 Å². The Morgan fingerprint density at radius 3 is 3.06 bits per heavy atom. The minimum Gasteiger partial charge on any atom is -0.328 e. The molecule has 0 saturated carbocycles. The van der Waals surface area contributed by atoms with Gasteiger partial charge in [-0.3, -0.25) is 4.79 Å². The lowest BCUT2D eigenvalue weighted by atomic mass is 10.5. The summed E-state index contributed by atoms with van der Waals surface area (Å²) in [6, 6.07) is 0. The van der Waals surface area contributed by atoms with Crippen LogP contribution in [0, 0.1) is 0 Å². The third-order valence-electron chi connectivity index (χ3n) is 1.97. The lowest BCUT2D eigenvalue weighted by Gasteiger charge is -2.01. The molecule has 0 fully saturated rings. The second-order valence-corrected chi connectivity index (χ2v) is 3.20. The quantitative estimate of drug-likeness (QED) is 0.794. The Balaban J connectivity index is 1.92. The summed E-state index contributed by atoms with van der Waals surface area (Å²) in [5.41, 5.74) is 0. The van der Waals surface area contributed by atoms with Crippen molar-refractivity contribution < 1.29 is 4.79 Å². The fourth-order valence-corrected chi connectivity index (χ4v) is 1.24. The zero-order valence-electron chi connectivity index (χ0n) is 8.87. The van der Waals surface area contributed by atoms with E-state index in [0.29, 0.717) is 12.4 Å². The summed E-state index contributed by atoms with van der Waals surface area (Å²) in [4.78, 5) is 16.9. The highest BCUT2D eigenvalue weighted by molar-refractivity contribution is 5.89. The Morgan fingerprint density at radius 2 is 2.44 bits per heavy atom. The monoisotopic (exact) mass is 220 g/mol. The number of carbonyl (C=O) groups excluding carboxylic acids is 1. The van der Waals surface area contributed by atoms with Crippen LogP contribution in [-0.2, 0) is 17.9 Å². The van der Waals surface area contributed by atoms with Gasteiger partial charge in [0, 0.05) is 12.4 Å². The highest BCUT2D eigenvalue weighted by Crippen LogP contribution is 1.99. The Kier molecular flexibility index (Phi) is 2.95. The summed E-state index contributed by atoms with van der Waals surface area (Å²) in [7, 11) is 0. The summed E-state index contributed by atoms with van der Waals surface area (Å²) < 4.78 is 1.68. The minimum absolute atomic E-state index is 0.152. The molecule has 0 spiro atoms. The molecule has 0 aromatic carbocycles. The van der Waals surface area contributed by atoms with Crippen LogP contribution in [0.4, 0.5) is 5.82 Å². The van der Waals surface area contributed by atoms with Crippen molar-refractivity contribution in [3.63, 3.8) is 0 Å². The lowest BCUT2D eigenvalue weighted by Crippen LogP contribution is -2.18. The highest BCUT2D eigenvalue weighted by atomic mass is 16.2. The van der Waals surface area contributed by atoms with E-state index in [2.05, 4.69) is 20.5 Å². The molecule has 7 heteroatoms. The standard InChI is InChI=1S/C9H12N6O/c1-2-15-11-5-8(13-15)12-9(16)6-14-4-3-10-7-14/h3-5,7H,2,6H2,1H3,(H,12,13,16). The summed E-state index contributed by atoms with van der Waals surface area (Å²) in [5.74, 6) is 0.313. The Labute approximate surface area is 92.1 Å². The molecule has 7 nitrogen and oxygen atoms in total. The maximum Gasteiger partial charge on any atom is 0.245 e. The molecule has 0 unspecified atom stereocenters. The van der Waals surface area contributed by atoms with E-state index in [-0.39, 0.29) is 12.5 Å². The van der Waals surface area contributed by atoms with Crippen LogP contribution in [0.3, 0.4) is 0 Å². The number of rotatable bonds is 4. The van der Waals surface area contributed by atoms with E-state index >= 15 is 0 Å². The molecule has 0 atom stereocenters. The highest BCUT2D eigenvalue weighted by Gasteiger charge is 2.05. The average molecular weight is 220 g/mol. The van der Waals surface area contributed by atoms with Crippen LogP contribution in [0.15, 0.2) is 24.9 Å². The van der Waals surface area contributed by atoms with Crippen LogP contribution in [0.5, 0.6) is 0 Å². The van der Waals surface area contributed by atoms with Gasteiger partial charge in [0.25, 0.3) is 0 Å². The smallest absolute Gasteiger partial charge is 0.245 e. The van der Waals surface area contributed by atoms with Crippen molar-refractivity contribution >= 4 is 11.7 Å². The molecule has 2 rings (SSSR count). The SMILES string of the molecule is CCn1ncc(NC(=O)Cn2ccnc2)n1. The van der Waals surface area contributed by atoms with Crippen LogP contribution in [0.2, 0.25) is 0 Å². The van der Waals surface area contributed by atoms with Crippen molar-refractivity contribution in [1.82, 2.24) is 24.5 Å². The van der Waals surface area contributed by atoms with Gasteiger partial charge in [-0.2, -0.15) is 9.90 Å². The van der Waals surface area contributed by atoms with E-state index in [1.165, 1.54) is 11.0 Å². The summed E-state index contributed by atoms with van der Waals surface area (Å²) in [5, 5.41) is 10.7. The number of aromatic nitrogens is 5. The number of hydrogen-bond donors (Lipinski definition) is 1. The van der Waals surface area contributed by atoms with Gasteiger partial charge in [-0.25, -0.2) is 4.98 Å². The zero-order valence-corrected chi connectivity index (χ0v) is 8.87. The van der Waals surface area contributed by atoms with Crippen LogP contribution < -0.4 is 5.32 Å². The van der Waals surface area contributed by atoms with Crippen molar-refractivity contribution in [2.45, 2.75) is 20.0 Å². The third kappa shape index (κ3) is 2.44. The molecule has 1 N–H and O–H groups in total. The Bertz CT molecular complexity index is 460. The van der Waals surface area contributed by atoms with Crippen molar-refractivity contribution in [2.24, 2.45) is 0 Å². The number of amides is 1. The van der Waals surface area contributed by atoms with Gasteiger partial charge in [0.05, 0.1) is 19.1 Å². The van der Waals surface area contributed by atoms with E-state index in [1.54, 1.807) is 23.3 Å². The maximum atomic E-state index is 11.5. The molecule has 2 aromatic heterocycles. The fourth-order valence-electron chi connectivity index (χ4n) is 1.24. The molecule has 2 heterocycles. The molecule has 0 aliphatic rings. The molecule has 1 amide bonds. The number of nitrogens with one attached hydrogen (secondary N) is 1. The van der Waals surface area contributed by atoms with Crippen molar-refractivity contribution in [3.8, 4) is 0 Å². The first-order chi connectivity index (χ1) is 7.78. The lowest BCUT2D eigenvalue weighted by molar-refractivity contribution is -0.116. The second kappa shape index (κ2) is 4.56. The van der Waals surface area contributed by atoms with Gasteiger partial charge in [0.1, 0.15) is 6.54 Å². The van der Waals surface area contributed by atoms with Gasteiger partial charge in [0.2, 0.25) is 5.91 Å². The van der Waals surface area contributed by atoms with E-state index < -0.39 is 0 Å². The fraction of sp³-hybridized carbons (Fsp3) is 0.333. The molecule has 16 heavy (non-hydrogen) atoms. The first kappa shape index (κ1) is 10.3. The minimum atomic E-state index is -0.152. The van der Waals surface area contributed by atoms with E-state index in [4.69, 9.17) is 0 Å². The molecule has 0 aliphatic heterocycles. The molecular weight excluding hydrogens is 208 g/mol. The summed E-state index contributed by atoms with van der Waals surface area (Å²) >= 11 is 0. The normalized spacial score (nSPS) is 10.3. The van der Waals surface area contributed by atoms with Crippen LogP contribution >= 0.6 is 0 Å². The molecule has 0 radical (unpaired) electrons. The number of aryl methyl sites for hydroxylation is 1. The molecule has 84 valence electrons. The molecule has 0 saturated heterocycles. The van der Waals surface area contributed by atoms with Crippen molar-refractivity contribution in [3.05, 3.63) is 24.9 Å². The largest absolute Gasteiger partial charge is 0.328 e. The average Bonchev–Trinajstić information content (AvgIpc) is 2.89. The number of carbonyl (C=O) groups is 1. The summed E-state index contributed by atoms with van der Waals surface area (Å²) in [6.07, 6.45) is 6.46. The zero-order chi connectivity index (χ0) is 11.4. The number of imidazole rings is 1. The number of hydrogen-bond acceptors (Lipinski definition) is 4.